The summed E-state index contributed by atoms with van der Waals surface area (Å²) in [7, 11) is -4.74. The van der Waals surface area contributed by atoms with Crippen molar-refractivity contribution in [2.24, 2.45) is 0 Å². The van der Waals surface area contributed by atoms with Crippen molar-refractivity contribution in [3.63, 3.8) is 0 Å². The van der Waals surface area contributed by atoms with E-state index in [0.29, 0.717) is 19.3 Å². The molecule has 0 aliphatic rings. The molecule has 0 amide bonds. The molecule has 3 atom stereocenters. The molecule has 0 saturated heterocycles. The molecule has 0 spiro atoms. The third-order valence-corrected chi connectivity index (χ3v) is 14.0. The number of aliphatic hydroxyl groups excluding tert-OH is 1. The number of ether oxygens (including phenoxy) is 3. The molecule has 0 aromatic carbocycles. The van der Waals surface area contributed by atoms with Crippen LogP contribution in [0.15, 0.2) is 36.5 Å². The summed E-state index contributed by atoms with van der Waals surface area (Å²) in [5, 5.41) is 9.80. The summed E-state index contributed by atoms with van der Waals surface area (Å²) in [4.78, 5) is 48.5. The van der Waals surface area contributed by atoms with Crippen LogP contribution in [0.25, 0.3) is 0 Å². The van der Waals surface area contributed by atoms with E-state index in [1.54, 1.807) is 0 Å². The van der Waals surface area contributed by atoms with Gasteiger partial charge in [0.25, 0.3) is 0 Å². The lowest BCUT2D eigenvalue weighted by Gasteiger charge is -2.21. The van der Waals surface area contributed by atoms with Gasteiger partial charge in [-0.05, 0) is 51.4 Å². The molecule has 0 saturated carbocycles. The highest BCUT2D eigenvalue weighted by Crippen LogP contribution is 2.43. The molecule has 0 aromatic heterocycles. The van der Waals surface area contributed by atoms with Crippen molar-refractivity contribution in [1.82, 2.24) is 0 Å². The third kappa shape index (κ3) is 52.6. The Morgan fingerprint density at radius 3 is 1.11 bits per heavy atom. The Bertz CT molecular complexity index is 1350. The average molecular weight is 1040 g/mol. The largest absolute Gasteiger partial charge is 0.472 e. The van der Waals surface area contributed by atoms with Gasteiger partial charge >= 0.3 is 25.7 Å². The summed E-state index contributed by atoms with van der Waals surface area (Å²) in [6.07, 6.45) is 56.8. The van der Waals surface area contributed by atoms with Crippen LogP contribution < -0.4 is 0 Å². The molecule has 0 bridgehead atoms. The number of phosphoric acid groups is 1. The zero-order valence-electron chi connectivity index (χ0n) is 46.7. The normalized spacial score (nSPS) is 13.6. The first kappa shape index (κ1) is 69.7. The highest BCUT2D eigenvalue weighted by molar-refractivity contribution is 7.47. The monoisotopic (exact) mass is 1040 g/mol. The Hall–Kier alpha value is -2.30. The Morgan fingerprint density at radius 1 is 0.403 bits per heavy atom. The molecule has 2 N–H and O–H groups in total. The molecule has 0 fully saturated rings. The summed E-state index contributed by atoms with van der Waals surface area (Å²) in [6.45, 7) is 4.55. The predicted octanol–water partition coefficient (Wildman–Crippen LogP) is 17.6. The van der Waals surface area contributed by atoms with Gasteiger partial charge in [0, 0.05) is 19.3 Å². The number of esters is 3. The van der Waals surface area contributed by atoms with Gasteiger partial charge in [0.2, 0.25) is 0 Å². The van der Waals surface area contributed by atoms with E-state index < -0.39 is 57.8 Å². The lowest BCUT2D eigenvalue weighted by Crippen LogP contribution is -2.30. The molecular formula is C60H111O11P. The Kier molecular flexibility index (Phi) is 53.2. The zero-order valence-corrected chi connectivity index (χ0v) is 47.6. The minimum absolute atomic E-state index is 0.152. The van der Waals surface area contributed by atoms with E-state index in [0.717, 1.165) is 89.9 Å². The summed E-state index contributed by atoms with van der Waals surface area (Å²) < 4.78 is 39.5. The van der Waals surface area contributed by atoms with E-state index in [9.17, 15) is 28.9 Å². The molecule has 72 heavy (non-hydrogen) atoms. The van der Waals surface area contributed by atoms with Gasteiger partial charge in [-0.3, -0.25) is 23.4 Å². The molecule has 0 aromatic rings. The fourth-order valence-corrected chi connectivity index (χ4v) is 9.33. The Labute approximate surface area is 441 Å². The van der Waals surface area contributed by atoms with Gasteiger partial charge in [-0.15, -0.1) is 0 Å². The Balaban J connectivity index is 4.67. The van der Waals surface area contributed by atoms with Gasteiger partial charge < -0.3 is 24.2 Å². The Morgan fingerprint density at radius 2 is 0.722 bits per heavy atom. The number of carbonyl (C=O) groups is 3. The SMILES string of the molecule is CC/C=C\C/C=C\C/C=C\CCCCCCCC(=O)OC(COC(=O)CCCCCCCCCCCCCCCCCCCCC)COP(=O)(O)OCC(CO)OC(=O)CCCCCCCCCCCCC. The standard InChI is InChI=1S/C60H111O11P/c1-4-7-10-13-16-19-22-24-26-27-28-29-31-32-35-37-40-43-46-49-58(62)67-53-57(71-60(64)51-48-45-42-39-36-33-30-25-23-20-17-14-11-8-5-2)55-69-72(65,66)68-54-56(52-61)70-59(63)50-47-44-41-38-34-21-18-15-12-9-6-3/h8,11,17,20,25,30,56-57,61H,4-7,9-10,12-16,18-19,21-24,26-29,31-55H2,1-3H3,(H,65,66)/b11-8-,20-17-,30-25-. The van der Waals surface area contributed by atoms with E-state index in [4.69, 9.17) is 23.3 Å². The lowest BCUT2D eigenvalue weighted by atomic mass is 10.0. The zero-order chi connectivity index (χ0) is 52.7. The van der Waals surface area contributed by atoms with E-state index in [1.807, 2.05) is 0 Å². The smallest absolute Gasteiger partial charge is 0.462 e. The minimum Gasteiger partial charge on any atom is -0.462 e. The van der Waals surface area contributed by atoms with Crippen LogP contribution >= 0.6 is 7.82 Å². The van der Waals surface area contributed by atoms with Gasteiger partial charge in [-0.1, -0.05) is 256 Å². The second kappa shape index (κ2) is 54.9. The van der Waals surface area contributed by atoms with Crippen LogP contribution in [0.5, 0.6) is 0 Å². The number of hydrogen-bond acceptors (Lipinski definition) is 10. The number of hydrogen-bond donors (Lipinski definition) is 2. The maximum atomic E-state index is 12.9. The first-order valence-electron chi connectivity index (χ1n) is 29.9. The molecule has 12 heteroatoms. The van der Waals surface area contributed by atoms with Crippen molar-refractivity contribution < 1.29 is 52.2 Å². The molecule has 0 aliphatic heterocycles. The molecule has 0 rings (SSSR count). The van der Waals surface area contributed by atoms with Gasteiger partial charge in [0.05, 0.1) is 19.8 Å². The topological polar surface area (TPSA) is 155 Å². The number of aliphatic hydroxyl groups is 1. The number of phosphoric ester groups is 1. The quantitative estimate of drug-likeness (QED) is 0.0197. The van der Waals surface area contributed by atoms with Crippen LogP contribution in [0.3, 0.4) is 0 Å². The van der Waals surface area contributed by atoms with Crippen molar-refractivity contribution >= 4 is 25.7 Å². The molecule has 0 radical (unpaired) electrons. The predicted molar refractivity (Wildman–Crippen MR) is 298 cm³/mol. The van der Waals surface area contributed by atoms with Crippen LogP contribution in [-0.4, -0.2) is 66.5 Å². The van der Waals surface area contributed by atoms with E-state index in [-0.39, 0.29) is 25.9 Å². The molecule has 0 heterocycles. The molecule has 11 nitrogen and oxygen atoms in total. The van der Waals surface area contributed by atoms with E-state index in [1.165, 1.54) is 141 Å². The van der Waals surface area contributed by atoms with Crippen molar-refractivity contribution in [3.05, 3.63) is 36.5 Å². The summed E-state index contributed by atoms with van der Waals surface area (Å²) >= 11 is 0. The van der Waals surface area contributed by atoms with Crippen LogP contribution in [0.1, 0.15) is 290 Å². The number of carbonyl (C=O) groups excluding carboxylic acids is 3. The van der Waals surface area contributed by atoms with Crippen LogP contribution in [0.4, 0.5) is 0 Å². The second-order valence-electron chi connectivity index (χ2n) is 20.1. The highest BCUT2D eigenvalue weighted by atomic mass is 31.2. The van der Waals surface area contributed by atoms with Gasteiger partial charge in [0.1, 0.15) is 12.7 Å². The van der Waals surface area contributed by atoms with Gasteiger partial charge in [-0.25, -0.2) is 4.57 Å². The molecule has 422 valence electrons. The summed E-state index contributed by atoms with van der Waals surface area (Å²) in [5.41, 5.74) is 0. The second-order valence-corrected chi connectivity index (χ2v) is 21.6. The summed E-state index contributed by atoms with van der Waals surface area (Å²) in [6, 6.07) is 0. The maximum Gasteiger partial charge on any atom is 0.472 e. The number of unbranched alkanes of at least 4 members (excludes halogenated alkanes) is 33. The van der Waals surface area contributed by atoms with Crippen molar-refractivity contribution in [2.75, 3.05) is 26.4 Å². The van der Waals surface area contributed by atoms with Crippen molar-refractivity contribution in [3.8, 4) is 0 Å². The summed E-state index contributed by atoms with van der Waals surface area (Å²) in [5.74, 6) is -1.46. The number of allylic oxidation sites excluding steroid dienone is 6. The fraction of sp³-hybridized carbons (Fsp3) is 0.850. The lowest BCUT2D eigenvalue weighted by molar-refractivity contribution is -0.161. The first-order chi connectivity index (χ1) is 35.2. The first-order valence-corrected chi connectivity index (χ1v) is 31.4. The molecular weight excluding hydrogens is 928 g/mol. The van der Waals surface area contributed by atoms with Crippen molar-refractivity contribution in [2.45, 2.75) is 303 Å². The van der Waals surface area contributed by atoms with Crippen LogP contribution in [0, 0.1) is 0 Å². The minimum atomic E-state index is -4.74. The van der Waals surface area contributed by atoms with Crippen LogP contribution in [-0.2, 0) is 42.2 Å². The average Bonchev–Trinajstić information content (AvgIpc) is 3.37. The van der Waals surface area contributed by atoms with Gasteiger partial charge in [0.15, 0.2) is 6.10 Å². The van der Waals surface area contributed by atoms with Crippen LogP contribution in [0.2, 0.25) is 0 Å². The maximum absolute atomic E-state index is 12.9. The number of rotatable bonds is 56. The third-order valence-electron chi connectivity index (χ3n) is 13.1. The highest BCUT2D eigenvalue weighted by Gasteiger charge is 2.28. The van der Waals surface area contributed by atoms with Gasteiger partial charge in [-0.2, -0.15) is 0 Å². The van der Waals surface area contributed by atoms with E-state index in [2.05, 4.69) is 57.2 Å². The van der Waals surface area contributed by atoms with E-state index >= 15 is 0 Å². The molecule has 0 aliphatic carbocycles. The fourth-order valence-electron chi connectivity index (χ4n) is 8.55. The molecule has 3 unspecified atom stereocenters. The van der Waals surface area contributed by atoms with Crippen molar-refractivity contribution in [1.29, 1.82) is 0 Å².